The van der Waals surface area contributed by atoms with Crippen LogP contribution in [0.5, 0.6) is 0 Å². The number of amides is 1. The third-order valence-electron chi connectivity index (χ3n) is 4.77. The summed E-state index contributed by atoms with van der Waals surface area (Å²) >= 11 is 5.96. The Morgan fingerprint density at radius 2 is 2.06 bits per heavy atom. The van der Waals surface area contributed by atoms with E-state index < -0.39 is 22.9 Å². The van der Waals surface area contributed by atoms with E-state index in [2.05, 4.69) is 16.8 Å². The Morgan fingerprint density at radius 3 is 2.62 bits per heavy atom. The second kappa shape index (κ2) is 10.6. The van der Waals surface area contributed by atoms with E-state index in [4.69, 9.17) is 16.3 Å². The van der Waals surface area contributed by atoms with E-state index in [0.29, 0.717) is 0 Å². The van der Waals surface area contributed by atoms with Crippen LogP contribution in [-0.2, 0) is 20.9 Å². The van der Waals surface area contributed by atoms with Crippen molar-refractivity contribution in [3.8, 4) is 6.07 Å². The van der Waals surface area contributed by atoms with E-state index in [-0.39, 0.29) is 22.0 Å². The summed E-state index contributed by atoms with van der Waals surface area (Å²) in [6.45, 7) is 8.07. The SMILES string of the molecule is CCCn1c(C)cc(/C=C(/C#N)C(=O)OC(C)C(=O)Nc2ccc([N+](=O)[O-])cc2Cl)c1C. The predicted octanol–water partition coefficient (Wildman–Crippen LogP) is 4.55. The monoisotopic (exact) mass is 458 g/mol. The molecule has 2 rings (SSSR count). The van der Waals surface area contributed by atoms with Crippen molar-refractivity contribution in [3.63, 3.8) is 0 Å². The predicted molar refractivity (Wildman–Crippen MR) is 120 cm³/mol. The fourth-order valence-electron chi connectivity index (χ4n) is 3.06. The number of nitriles is 1. The number of nitro groups is 1. The molecule has 9 nitrogen and oxygen atoms in total. The van der Waals surface area contributed by atoms with Crippen molar-refractivity contribution in [1.29, 1.82) is 5.26 Å². The smallest absolute Gasteiger partial charge is 0.349 e. The maximum Gasteiger partial charge on any atom is 0.349 e. The number of benzene rings is 1. The van der Waals surface area contributed by atoms with Crippen LogP contribution in [0.15, 0.2) is 29.8 Å². The summed E-state index contributed by atoms with van der Waals surface area (Å²) in [5.41, 5.74) is 2.31. The first-order valence-electron chi connectivity index (χ1n) is 9.83. The number of anilines is 1. The number of nitro benzene ring substituents is 1. The number of aryl methyl sites for hydroxylation is 1. The minimum atomic E-state index is -1.24. The molecule has 0 aliphatic heterocycles. The summed E-state index contributed by atoms with van der Waals surface area (Å²) in [6, 6.07) is 7.25. The standard InChI is InChI=1S/C22H23ClN4O5/c1-5-8-26-13(2)9-16(14(26)3)10-17(12-24)22(29)32-15(4)21(28)25-20-7-6-18(27(30)31)11-19(20)23/h6-7,9-11,15H,5,8H2,1-4H3,(H,25,28)/b17-10-. The van der Waals surface area contributed by atoms with Crippen molar-refractivity contribution in [3.05, 3.63) is 61.9 Å². The average molecular weight is 459 g/mol. The van der Waals surface area contributed by atoms with Crippen LogP contribution in [0, 0.1) is 35.3 Å². The summed E-state index contributed by atoms with van der Waals surface area (Å²) in [7, 11) is 0. The molecule has 0 aliphatic carbocycles. The lowest BCUT2D eigenvalue weighted by molar-refractivity contribution is -0.384. The Labute approximate surface area is 190 Å². The zero-order valence-corrected chi connectivity index (χ0v) is 18.9. The van der Waals surface area contributed by atoms with Gasteiger partial charge in [-0.2, -0.15) is 5.26 Å². The van der Waals surface area contributed by atoms with Gasteiger partial charge in [0, 0.05) is 30.1 Å². The molecule has 1 aromatic heterocycles. The zero-order valence-electron chi connectivity index (χ0n) is 18.1. The molecule has 0 saturated carbocycles. The molecule has 0 spiro atoms. The van der Waals surface area contributed by atoms with E-state index in [9.17, 15) is 25.0 Å². The largest absolute Gasteiger partial charge is 0.448 e. The highest BCUT2D eigenvalue weighted by molar-refractivity contribution is 6.34. The Hall–Kier alpha value is -3.64. The number of nitrogens with zero attached hydrogens (tertiary/aromatic N) is 3. The number of ether oxygens (including phenoxy) is 1. The third-order valence-corrected chi connectivity index (χ3v) is 5.09. The highest BCUT2D eigenvalue weighted by atomic mass is 35.5. The fraction of sp³-hybridized carbons (Fsp3) is 0.318. The van der Waals surface area contributed by atoms with E-state index in [1.54, 1.807) is 0 Å². The van der Waals surface area contributed by atoms with Crippen LogP contribution in [0.2, 0.25) is 5.02 Å². The maximum absolute atomic E-state index is 12.5. The first kappa shape index (κ1) is 24.6. The summed E-state index contributed by atoms with van der Waals surface area (Å²) in [6.07, 6.45) is 1.14. The number of non-ortho nitro benzene ring substituents is 1. The topological polar surface area (TPSA) is 127 Å². The van der Waals surface area contributed by atoms with E-state index in [0.717, 1.165) is 36.0 Å². The summed E-state index contributed by atoms with van der Waals surface area (Å²) < 4.78 is 7.23. The van der Waals surface area contributed by atoms with E-state index in [1.807, 2.05) is 26.0 Å². The van der Waals surface area contributed by atoms with Crippen LogP contribution in [-0.4, -0.2) is 27.5 Å². The van der Waals surface area contributed by atoms with Crippen LogP contribution in [0.3, 0.4) is 0 Å². The zero-order chi connectivity index (χ0) is 24.0. The number of aromatic nitrogens is 1. The Morgan fingerprint density at radius 1 is 1.38 bits per heavy atom. The summed E-state index contributed by atoms with van der Waals surface area (Å²) in [4.78, 5) is 35.0. The quantitative estimate of drug-likeness (QED) is 0.203. The highest BCUT2D eigenvalue weighted by Crippen LogP contribution is 2.27. The molecular weight excluding hydrogens is 436 g/mol. The second-order valence-electron chi connectivity index (χ2n) is 7.11. The van der Waals surface area contributed by atoms with Gasteiger partial charge in [-0.1, -0.05) is 18.5 Å². The van der Waals surface area contributed by atoms with Gasteiger partial charge in [0.05, 0.1) is 15.6 Å². The van der Waals surface area contributed by atoms with Crippen molar-refractivity contribution in [2.75, 3.05) is 5.32 Å². The number of hydrogen-bond acceptors (Lipinski definition) is 6. The van der Waals surface area contributed by atoms with Crippen molar-refractivity contribution in [2.24, 2.45) is 0 Å². The summed E-state index contributed by atoms with van der Waals surface area (Å²) in [5, 5.41) is 22.6. The lowest BCUT2D eigenvalue weighted by Gasteiger charge is -2.14. The molecule has 0 aliphatic rings. The molecule has 0 radical (unpaired) electrons. The van der Waals surface area contributed by atoms with Crippen LogP contribution < -0.4 is 5.32 Å². The molecule has 0 fully saturated rings. The third kappa shape index (κ3) is 5.74. The van der Waals surface area contributed by atoms with Gasteiger partial charge in [0.25, 0.3) is 11.6 Å². The molecule has 2 aromatic rings. The molecule has 1 amide bonds. The molecule has 0 saturated heterocycles. The lowest BCUT2D eigenvalue weighted by Crippen LogP contribution is -2.30. The Balaban J connectivity index is 2.12. The van der Waals surface area contributed by atoms with Gasteiger partial charge < -0.3 is 14.6 Å². The Bertz CT molecular complexity index is 1130. The van der Waals surface area contributed by atoms with Crippen LogP contribution >= 0.6 is 11.6 Å². The molecular formula is C22H23ClN4O5. The highest BCUT2D eigenvalue weighted by Gasteiger charge is 2.22. The van der Waals surface area contributed by atoms with Crippen molar-refractivity contribution >= 4 is 40.9 Å². The normalized spacial score (nSPS) is 12.1. The molecule has 1 atom stereocenters. The number of halogens is 1. The minimum Gasteiger partial charge on any atom is -0.448 e. The number of carbonyl (C=O) groups is 2. The van der Waals surface area contributed by atoms with Crippen molar-refractivity contribution < 1.29 is 19.2 Å². The Kier molecular flexibility index (Phi) is 8.15. The van der Waals surface area contributed by atoms with Gasteiger partial charge in [-0.25, -0.2) is 4.79 Å². The molecule has 0 bridgehead atoms. The van der Waals surface area contributed by atoms with Gasteiger partial charge in [-0.05, 0) is 51.0 Å². The molecule has 32 heavy (non-hydrogen) atoms. The van der Waals surface area contributed by atoms with Crippen LogP contribution in [0.4, 0.5) is 11.4 Å². The molecule has 1 N–H and O–H groups in total. The number of carbonyl (C=O) groups excluding carboxylic acids is 2. The second-order valence-corrected chi connectivity index (χ2v) is 7.51. The van der Waals surface area contributed by atoms with Gasteiger partial charge in [0.1, 0.15) is 11.6 Å². The first-order chi connectivity index (χ1) is 15.1. The molecule has 1 unspecified atom stereocenters. The van der Waals surface area contributed by atoms with E-state index in [1.165, 1.54) is 25.1 Å². The number of nitrogens with one attached hydrogen (secondary N) is 1. The molecule has 1 heterocycles. The summed E-state index contributed by atoms with van der Waals surface area (Å²) in [5.74, 6) is -1.64. The van der Waals surface area contributed by atoms with E-state index >= 15 is 0 Å². The first-order valence-corrected chi connectivity index (χ1v) is 10.2. The van der Waals surface area contributed by atoms with Gasteiger partial charge in [-0.15, -0.1) is 0 Å². The number of rotatable bonds is 8. The fourth-order valence-corrected chi connectivity index (χ4v) is 3.29. The van der Waals surface area contributed by atoms with Crippen LogP contribution in [0.25, 0.3) is 6.08 Å². The molecule has 10 heteroatoms. The molecule has 1 aromatic carbocycles. The minimum absolute atomic E-state index is 0.0360. The van der Waals surface area contributed by atoms with Gasteiger partial charge in [0.15, 0.2) is 6.10 Å². The number of esters is 1. The average Bonchev–Trinajstić information content (AvgIpc) is 3.00. The van der Waals surface area contributed by atoms with Gasteiger partial charge in [-0.3, -0.25) is 14.9 Å². The maximum atomic E-state index is 12.5. The van der Waals surface area contributed by atoms with Crippen molar-refractivity contribution in [1.82, 2.24) is 4.57 Å². The van der Waals surface area contributed by atoms with Gasteiger partial charge >= 0.3 is 5.97 Å². The number of hydrogen-bond donors (Lipinski definition) is 1. The van der Waals surface area contributed by atoms with Crippen molar-refractivity contribution in [2.45, 2.75) is 46.8 Å². The van der Waals surface area contributed by atoms with Gasteiger partial charge in [0.2, 0.25) is 0 Å². The molecule has 168 valence electrons. The lowest BCUT2D eigenvalue weighted by atomic mass is 10.1. The van der Waals surface area contributed by atoms with Crippen LogP contribution in [0.1, 0.15) is 37.2 Å².